The van der Waals surface area contributed by atoms with Crippen LogP contribution in [0.3, 0.4) is 0 Å². The molecule has 8 nitrogen and oxygen atoms in total. The van der Waals surface area contributed by atoms with Crippen molar-refractivity contribution in [2.45, 2.75) is 4.90 Å². The van der Waals surface area contributed by atoms with E-state index in [-0.39, 0.29) is 21.3 Å². The van der Waals surface area contributed by atoms with Crippen molar-refractivity contribution < 1.29 is 18.1 Å². The third kappa shape index (κ3) is 4.70. The van der Waals surface area contributed by atoms with Gasteiger partial charge in [0.15, 0.2) is 0 Å². The van der Waals surface area contributed by atoms with Gasteiger partial charge < -0.3 is 5.32 Å². The summed E-state index contributed by atoms with van der Waals surface area (Å²) in [6.45, 7) is -0.510. The summed E-state index contributed by atoms with van der Waals surface area (Å²) in [6.07, 6.45) is 0. The molecule has 2 aromatic rings. The molecule has 0 atom stereocenters. The summed E-state index contributed by atoms with van der Waals surface area (Å²) >= 11 is 11.6. The van der Waals surface area contributed by atoms with Gasteiger partial charge in [-0.2, -0.15) is 4.31 Å². The highest BCUT2D eigenvalue weighted by Crippen LogP contribution is 2.26. The molecule has 0 saturated heterocycles. The number of anilines is 1. The van der Waals surface area contributed by atoms with Gasteiger partial charge in [0.1, 0.15) is 0 Å². The minimum atomic E-state index is -3.90. The van der Waals surface area contributed by atoms with E-state index < -0.39 is 27.4 Å². The molecule has 2 rings (SSSR count). The zero-order valence-electron chi connectivity index (χ0n) is 13.3. The van der Waals surface area contributed by atoms with Gasteiger partial charge in [-0.25, -0.2) is 8.42 Å². The lowest BCUT2D eigenvalue weighted by Gasteiger charge is -2.17. The Morgan fingerprint density at radius 2 is 1.81 bits per heavy atom. The van der Waals surface area contributed by atoms with Crippen LogP contribution in [-0.2, 0) is 14.8 Å². The fraction of sp³-hybridized carbons (Fsp3) is 0.133. The molecule has 0 unspecified atom stereocenters. The third-order valence-corrected chi connectivity index (χ3v) is 5.72. The number of hydrogen-bond acceptors (Lipinski definition) is 5. The predicted molar refractivity (Wildman–Crippen MR) is 98.0 cm³/mol. The average molecular weight is 418 g/mol. The van der Waals surface area contributed by atoms with Gasteiger partial charge >= 0.3 is 0 Å². The van der Waals surface area contributed by atoms with E-state index in [2.05, 4.69) is 5.32 Å². The van der Waals surface area contributed by atoms with Gasteiger partial charge in [0.05, 0.1) is 27.1 Å². The first kappa shape index (κ1) is 20.1. The van der Waals surface area contributed by atoms with Gasteiger partial charge in [-0.3, -0.25) is 14.9 Å². The molecule has 1 N–H and O–H groups in total. The van der Waals surface area contributed by atoms with Gasteiger partial charge in [-0.15, -0.1) is 0 Å². The van der Waals surface area contributed by atoms with E-state index in [0.29, 0.717) is 5.02 Å². The molecule has 0 aliphatic carbocycles. The standard InChI is InChI=1S/C15H13Cl2N3O5S/c1-19(26(24,25)12-5-2-10(16)3-6-12)9-15(21)18-14-8-11(20(22)23)4-7-13(14)17/h2-8H,9H2,1H3,(H,18,21). The molecule has 0 aliphatic heterocycles. The molecule has 2 aromatic carbocycles. The number of likely N-dealkylation sites (N-methyl/N-ethyl adjacent to an activating group) is 1. The maximum Gasteiger partial charge on any atom is 0.271 e. The second-order valence-electron chi connectivity index (χ2n) is 5.18. The number of nitro benzene ring substituents is 1. The van der Waals surface area contributed by atoms with Crippen LogP contribution in [0.25, 0.3) is 0 Å². The normalized spacial score (nSPS) is 11.4. The van der Waals surface area contributed by atoms with Gasteiger partial charge in [-0.1, -0.05) is 23.2 Å². The lowest BCUT2D eigenvalue weighted by molar-refractivity contribution is -0.384. The Bertz CT molecular complexity index is 948. The summed E-state index contributed by atoms with van der Waals surface area (Å²) in [6, 6.07) is 9.04. The second kappa shape index (κ2) is 8.00. The van der Waals surface area contributed by atoms with E-state index in [9.17, 15) is 23.3 Å². The Morgan fingerprint density at radius 1 is 1.19 bits per heavy atom. The molecule has 0 heterocycles. The lowest BCUT2D eigenvalue weighted by atomic mass is 10.3. The van der Waals surface area contributed by atoms with Crippen molar-refractivity contribution in [1.29, 1.82) is 0 Å². The minimum absolute atomic E-state index is 0.0168. The fourth-order valence-electron chi connectivity index (χ4n) is 1.99. The highest BCUT2D eigenvalue weighted by Gasteiger charge is 2.23. The fourth-order valence-corrected chi connectivity index (χ4v) is 3.40. The van der Waals surface area contributed by atoms with Gasteiger partial charge in [0, 0.05) is 24.2 Å². The van der Waals surface area contributed by atoms with Gasteiger partial charge in [0.2, 0.25) is 15.9 Å². The lowest BCUT2D eigenvalue weighted by Crippen LogP contribution is -2.35. The number of nitrogens with one attached hydrogen (secondary N) is 1. The number of sulfonamides is 1. The predicted octanol–water partition coefficient (Wildman–Crippen LogP) is 3.16. The smallest absolute Gasteiger partial charge is 0.271 e. The van der Waals surface area contributed by atoms with Crippen LogP contribution in [-0.4, -0.2) is 37.1 Å². The summed E-state index contributed by atoms with van der Waals surface area (Å²) in [7, 11) is -2.67. The Balaban J connectivity index is 2.13. The number of hydrogen-bond donors (Lipinski definition) is 1. The zero-order valence-corrected chi connectivity index (χ0v) is 15.7. The SMILES string of the molecule is CN(CC(=O)Nc1cc([N+](=O)[O-])ccc1Cl)S(=O)(=O)c1ccc(Cl)cc1. The molecule has 0 bridgehead atoms. The Labute approximate surface area is 159 Å². The Kier molecular flexibility index (Phi) is 6.19. The molecule has 0 fully saturated rings. The molecule has 11 heteroatoms. The number of non-ortho nitro benzene ring substituents is 1. The molecule has 0 saturated carbocycles. The number of benzene rings is 2. The van der Waals surface area contributed by atoms with E-state index in [1.165, 1.54) is 43.4 Å². The van der Waals surface area contributed by atoms with Crippen molar-refractivity contribution in [3.63, 3.8) is 0 Å². The molecule has 1 amide bonds. The molecular weight excluding hydrogens is 405 g/mol. The largest absolute Gasteiger partial charge is 0.323 e. The van der Waals surface area contributed by atoms with Crippen molar-refractivity contribution in [2.24, 2.45) is 0 Å². The Hall–Kier alpha value is -2.20. The van der Waals surface area contributed by atoms with E-state index >= 15 is 0 Å². The number of carbonyl (C=O) groups is 1. The quantitative estimate of drug-likeness (QED) is 0.573. The van der Waals surface area contributed by atoms with E-state index in [4.69, 9.17) is 23.2 Å². The molecule has 0 spiro atoms. The molecule has 0 aromatic heterocycles. The highest BCUT2D eigenvalue weighted by atomic mass is 35.5. The van der Waals surface area contributed by atoms with E-state index in [1.54, 1.807) is 0 Å². The van der Waals surface area contributed by atoms with Crippen LogP contribution in [0, 0.1) is 10.1 Å². The van der Waals surface area contributed by atoms with E-state index in [1.807, 2.05) is 0 Å². The van der Waals surface area contributed by atoms with Crippen LogP contribution in [0.2, 0.25) is 10.0 Å². The monoisotopic (exact) mass is 417 g/mol. The van der Waals surface area contributed by atoms with Gasteiger partial charge in [-0.05, 0) is 30.3 Å². The van der Waals surface area contributed by atoms with Crippen LogP contribution in [0.5, 0.6) is 0 Å². The van der Waals surface area contributed by atoms with Crippen molar-refractivity contribution in [3.8, 4) is 0 Å². The summed E-state index contributed by atoms with van der Waals surface area (Å²) in [5.41, 5.74) is -0.241. The Morgan fingerprint density at radius 3 is 2.38 bits per heavy atom. The van der Waals surface area contributed by atoms with Crippen LogP contribution in [0.1, 0.15) is 0 Å². The molecule has 138 valence electrons. The summed E-state index contributed by atoms with van der Waals surface area (Å²) < 4.78 is 25.7. The molecular formula is C15H13Cl2N3O5S. The first-order valence-corrected chi connectivity index (χ1v) is 9.26. The van der Waals surface area contributed by atoms with Crippen molar-refractivity contribution >= 4 is 50.5 Å². The highest BCUT2D eigenvalue weighted by molar-refractivity contribution is 7.89. The molecule has 0 aliphatic rings. The maximum absolute atomic E-state index is 12.4. The average Bonchev–Trinajstić information content (AvgIpc) is 2.56. The van der Waals surface area contributed by atoms with Crippen molar-refractivity contribution in [1.82, 2.24) is 4.31 Å². The molecule has 26 heavy (non-hydrogen) atoms. The first-order valence-electron chi connectivity index (χ1n) is 7.07. The number of nitro groups is 1. The first-order chi connectivity index (χ1) is 12.1. The second-order valence-corrected chi connectivity index (χ2v) is 8.07. The summed E-state index contributed by atoms with van der Waals surface area (Å²) in [5.74, 6) is -0.701. The van der Waals surface area contributed by atoms with Crippen LogP contribution in [0.15, 0.2) is 47.4 Å². The minimum Gasteiger partial charge on any atom is -0.323 e. The number of halogens is 2. The van der Waals surface area contributed by atoms with Crippen LogP contribution >= 0.6 is 23.2 Å². The summed E-state index contributed by atoms with van der Waals surface area (Å²) in [5, 5.41) is 13.6. The number of nitrogens with zero attached hydrogens (tertiary/aromatic N) is 2. The van der Waals surface area contributed by atoms with Crippen molar-refractivity contribution in [2.75, 3.05) is 18.9 Å². The van der Waals surface area contributed by atoms with Crippen LogP contribution in [0.4, 0.5) is 11.4 Å². The number of carbonyl (C=O) groups excluding carboxylic acids is 1. The molecule has 0 radical (unpaired) electrons. The van der Waals surface area contributed by atoms with Crippen LogP contribution < -0.4 is 5.32 Å². The zero-order chi connectivity index (χ0) is 19.5. The van der Waals surface area contributed by atoms with Gasteiger partial charge in [0.25, 0.3) is 5.69 Å². The number of amides is 1. The van der Waals surface area contributed by atoms with E-state index in [0.717, 1.165) is 10.4 Å². The third-order valence-electron chi connectivity index (χ3n) is 3.32. The van der Waals surface area contributed by atoms with Crippen molar-refractivity contribution in [3.05, 3.63) is 62.6 Å². The summed E-state index contributed by atoms with van der Waals surface area (Å²) in [4.78, 5) is 22.3. The number of rotatable bonds is 6. The maximum atomic E-state index is 12.4. The topological polar surface area (TPSA) is 110 Å².